The molecule has 0 heterocycles. The Morgan fingerprint density at radius 3 is 2.18 bits per heavy atom. The van der Waals surface area contributed by atoms with E-state index in [1.54, 1.807) is 30.3 Å². The molecule has 3 rings (SSSR count). The van der Waals surface area contributed by atoms with Gasteiger partial charge in [0.05, 0.1) is 6.61 Å². The van der Waals surface area contributed by atoms with Gasteiger partial charge in [0.1, 0.15) is 11.5 Å². The number of amides is 1. The molecule has 1 amide bonds. The Hall–Kier alpha value is -3.60. The van der Waals surface area contributed by atoms with Crippen LogP contribution in [0.3, 0.4) is 0 Å². The summed E-state index contributed by atoms with van der Waals surface area (Å²) >= 11 is 0. The van der Waals surface area contributed by atoms with E-state index in [9.17, 15) is 9.59 Å². The normalized spacial score (nSPS) is 10.2. The summed E-state index contributed by atoms with van der Waals surface area (Å²) in [6, 6.07) is 21.7. The first-order valence-electron chi connectivity index (χ1n) is 8.98. The van der Waals surface area contributed by atoms with E-state index < -0.39 is 0 Å². The lowest BCUT2D eigenvalue weighted by Crippen LogP contribution is -2.11. The third-order valence-electron chi connectivity index (χ3n) is 4.00. The molecule has 0 saturated heterocycles. The molecule has 142 valence electrons. The Morgan fingerprint density at radius 2 is 1.54 bits per heavy atom. The molecular formula is C23H21NO4. The standard InChI is InChI=1S/C23H21NO4/c1-3-27-21-13-9-20(10-14-21)24-23(26)19-6-4-5-18(15-19)17-7-11-22(12-8-17)28-16(2)25/h4-15H,3H2,1-2H3,(H,24,26). The average molecular weight is 375 g/mol. The number of anilines is 1. The van der Waals surface area contributed by atoms with Gasteiger partial charge in [0.15, 0.2) is 0 Å². The summed E-state index contributed by atoms with van der Waals surface area (Å²) in [6.45, 7) is 3.88. The van der Waals surface area contributed by atoms with Crippen LogP contribution in [-0.2, 0) is 4.79 Å². The molecule has 0 aliphatic heterocycles. The minimum atomic E-state index is -0.360. The molecule has 0 unspecified atom stereocenters. The van der Waals surface area contributed by atoms with Crippen LogP contribution >= 0.6 is 0 Å². The second kappa shape index (κ2) is 8.86. The van der Waals surface area contributed by atoms with Gasteiger partial charge in [-0.1, -0.05) is 24.3 Å². The minimum absolute atomic E-state index is 0.192. The lowest BCUT2D eigenvalue weighted by Gasteiger charge is -2.09. The molecule has 28 heavy (non-hydrogen) atoms. The predicted octanol–water partition coefficient (Wildman–Crippen LogP) is 4.93. The second-order valence-corrected chi connectivity index (χ2v) is 6.11. The van der Waals surface area contributed by atoms with Gasteiger partial charge in [0, 0.05) is 18.2 Å². The van der Waals surface area contributed by atoms with E-state index in [0.717, 1.165) is 16.9 Å². The number of nitrogens with one attached hydrogen (secondary N) is 1. The van der Waals surface area contributed by atoms with Crippen LogP contribution in [0.15, 0.2) is 72.8 Å². The molecule has 3 aromatic carbocycles. The highest BCUT2D eigenvalue weighted by atomic mass is 16.5. The second-order valence-electron chi connectivity index (χ2n) is 6.11. The van der Waals surface area contributed by atoms with E-state index in [1.807, 2.05) is 49.4 Å². The van der Waals surface area contributed by atoms with Gasteiger partial charge in [-0.05, 0) is 66.6 Å². The maximum atomic E-state index is 12.6. The third kappa shape index (κ3) is 4.98. The Morgan fingerprint density at radius 1 is 0.857 bits per heavy atom. The van der Waals surface area contributed by atoms with Gasteiger partial charge in [0.2, 0.25) is 0 Å². The van der Waals surface area contributed by atoms with Crippen molar-refractivity contribution in [3.63, 3.8) is 0 Å². The summed E-state index contributed by atoms with van der Waals surface area (Å²) in [6.07, 6.45) is 0. The quantitative estimate of drug-likeness (QED) is 0.490. The lowest BCUT2D eigenvalue weighted by atomic mass is 10.0. The number of hydrogen-bond acceptors (Lipinski definition) is 4. The van der Waals surface area contributed by atoms with E-state index >= 15 is 0 Å². The van der Waals surface area contributed by atoms with Gasteiger partial charge >= 0.3 is 5.97 Å². The molecule has 5 nitrogen and oxygen atoms in total. The van der Waals surface area contributed by atoms with Gasteiger partial charge in [-0.15, -0.1) is 0 Å². The van der Waals surface area contributed by atoms with Gasteiger partial charge in [-0.3, -0.25) is 9.59 Å². The zero-order chi connectivity index (χ0) is 19.9. The first-order valence-corrected chi connectivity index (χ1v) is 8.98. The fourth-order valence-electron chi connectivity index (χ4n) is 2.73. The molecule has 0 aliphatic rings. The number of benzene rings is 3. The number of rotatable bonds is 6. The molecule has 1 N–H and O–H groups in total. The maximum absolute atomic E-state index is 12.6. The summed E-state index contributed by atoms with van der Waals surface area (Å²) in [5, 5.41) is 2.88. The zero-order valence-electron chi connectivity index (χ0n) is 15.8. The molecule has 0 atom stereocenters. The van der Waals surface area contributed by atoms with Crippen molar-refractivity contribution >= 4 is 17.6 Å². The van der Waals surface area contributed by atoms with Crippen LogP contribution in [-0.4, -0.2) is 18.5 Å². The van der Waals surface area contributed by atoms with Crippen LogP contribution in [0.4, 0.5) is 5.69 Å². The van der Waals surface area contributed by atoms with Gasteiger partial charge < -0.3 is 14.8 Å². The Balaban J connectivity index is 1.73. The Bertz CT molecular complexity index is 963. The monoisotopic (exact) mass is 375 g/mol. The summed E-state index contributed by atoms with van der Waals surface area (Å²) in [5.41, 5.74) is 3.07. The number of esters is 1. The summed E-state index contributed by atoms with van der Waals surface area (Å²) in [5.74, 6) is 0.698. The van der Waals surface area contributed by atoms with Crippen molar-refractivity contribution in [2.45, 2.75) is 13.8 Å². The van der Waals surface area contributed by atoms with Crippen LogP contribution in [0.5, 0.6) is 11.5 Å². The first-order chi connectivity index (χ1) is 13.5. The lowest BCUT2D eigenvalue weighted by molar-refractivity contribution is -0.131. The third-order valence-corrected chi connectivity index (χ3v) is 4.00. The number of ether oxygens (including phenoxy) is 2. The molecule has 0 bridgehead atoms. The molecule has 0 aromatic heterocycles. The van der Waals surface area contributed by atoms with Crippen molar-refractivity contribution in [2.24, 2.45) is 0 Å². The SMILES string of the molecule is CCOc1ccc(NC(=O)c2cccc(-c3ccc(OC(C)=O)cc3)c2)cc1. The van der Waals surface area contributed by atoms with E-state index in [2.05, 4.69) is 5.32 Å². The average Bonchev–Trinajstić information content (AvgIpc) is 2.70. The molecule has 0 radical (unpaired) electrons. The predicted molar refractivity (Wildman–Crippen MR) is 109 cm³/mol. The van der Waals surface area contributed by atoms with Crippen molar-refractivity contribution in [1.82, 2.24) is 0 Å². The molecule has 0 fully saturated rings. The largest absolute Gasteiger partial charge is 0.494 e. The molecule has 0 saturated carbocycles. The van der Waals surface area contributed by atoms with Crippen molar-refractivity contribution < 1.29 is 19.1 Å². The highest BCUT2D eigenvalue weighted by Gasteiger charge is 2.08. The fraction of sp³-hybridized carbons (Fsp3) is 0.130. The van der Waals surface area contributed by atoms with E-state index in [0.29, 0.717) is 23.6 Å². The summed E-state index contributed by atoms with van der Waals surface area (Å²) < 4.78 is 10.4. The van der Waals surface area contributed by atoms with Crippen LogP contribution in [0.25, 0.3) is 11.1 Å². The zero-order valence-corrected chi connectivity index (χ0v) is 15.8. The van der Waals surface area contributed by atoms with Crippen molar-refractivity contribution in [1.29, 1.82) is 0 Å². The van der Waals surface area contributed by atoms with E-state index in [4.69, 9.17) is 9.47 Å². The highest BCUT2D eigenvalue weighted by molar-refractivity contribution is 6.05. The topological polar surface area (TPSA) is 64.6 Å². The summed E-state index contributed by atoms with van der Waals surface area (Å²) in [7, 11) is 0. The van der Waals surface area contributed by atoms with Crippen molar-refractivity contribution in [3.05, 3.63) is 78.4 Å². The smallest absolute Gasteiger partial charge is 0.308 e. The number of hydrogen-bond donors (Lipinski definition) is 1. The Labute approximate surface area is 163 Å². The van der Waals surface area contributed by atoms with Crippen LogP contribution in [0, 0.1) is 0 Å². The molecular weight excluding hydrogens is 354 g/mol. The molecule has 0 aliphatic carbocycles. The number of carbonyl (C=O) groups is 2. The highest BCUT2D eigenvalue weighted by Crippen LogP contribution is 2.24. The van der Waals surface area contributed by atoms with E-state index in [-0.39, 0.29) is 11.9 Å². The number of carbonyl (C=O) groups excluding carboxylic acids is 2. The van der Waals surface area contributed by atoms with Crippen molar-refractivity contribution in [3.8, 4) is 22.6 Å². The van der Waals surface area contributed by atoms with E-state index in [1.165, 1.54) is 6.92 Å². The van der Waals surface area contributed by atoms with Gasteiger partial charge in [0.25, 0.3) is 5.91 Å². The maximum Gasteiger partial charge on any atom is 0.308 e. The van der Waals surface area contributed by atoms with Crippen LogP contribution < -0.4 is 14.8 Å². The molecule has 0 spiro atoms. The molecule has 5 heteroatoms. The van der Waals surface area contributed by atoms with Gasteiger partial charge in [-0.25, -0.2) is 0 Å². The van der Waals surface area contributed by atoms with Crippen LogP contribution in [0.2, 0.25) is 0 Å². The van der Waals surface area contributed by atoms with Gasteiger partial charge in [-0.2, -0.15) is 0 Å². The first kappa shape index (κ1) is 19.2. The minimum Gasteiger partial charge on any atom is -0.494 e. The fourth-order valence-corrected chi connectivity index (χ4v) is 2.73. The van der Waals surface area contributed by atoms with Crippen LogP contribution in [0.1, 0.15) is 24.2 Å². The molecule has 3 aromatic rings. The Kier molecular flexibility index (Phi) is 6.07. The summed E-state index contributed by atoms with van der Waals surface area (Å²) in [4.78, 5) is 23.6. The van der Waals surface area contributed by atoms with Crippen molar-refractivity contribution in [2.75, 3.05) is 11.9 Å².